The average molecular weight is 433 g/mol. The van der Waals surface area contributed by atoms with E-state index in [2.05, 4.69) is 27.8 Å². The second-order valence-corrected chi connectivity index (χ2v) is 9.11. The Balaban J connectivity index is 1.53. The molecule has 154 valence electrons. The Morgan fingerprint density at radius 1 is 1.21 bits per heavy atom. The summed E-state index contributed by atoms with van der Waals surface area (Å²) in [6, 6.07) is 6.55. The summed E-state index contributed by atoms with van der Waals surface area (Å²) < 4.78 is 0. The van der Waals surface area contributed by atoms with Gasteiger partial charge >= 0.3 is 6.03 Å². The van der Waals surface area contributed by atoms with E-state index in [4.69, 9.17) is 11.6 Å². The van der Waals surface area contributed by atoms with Crippen LogP contribution in [-0.2, 0) is 13.0 Å². The molecule has 0 atom stereocenters. The van der Waals surface area contributed by atoms with E-state index in [-0.39, 0.29) is 11.9 Å². The fourth-order valence-electron chi connectivity index (χ4n) is 3.50. The summed E-state index contributed by atoms with van der Waals surface area (Å²) in [7, 11) is 0. The molecule has 0 bridgehead atoms. The first-order valence-electron chi connectivity index (χ1n) is 10.0. The van der Waals surface area contributed by atoms with Crippen LogP contribution in [0.1, 0.15) is 40.6 Å². The van der Waals surface area contributed by atoms with E-state index in [0.717, 1.165) is 36.5 Å². The zero-order valence-corrected chi connectivity index (χ0v) is 18.0. The summed E-state index contributed by atoms with van der Waals surface area (Å²) in [6.45, 7) is 5.57. The van der Waals surface area contributed by atoms with E-state index in [1.165, 1.54) is 24.2 Å². The first kappa shape index (κ1) is 20.2. The van der Waals surface area contributed by atoms with E-state index in [9.17, 15) is 9.59 Å². The molecule has 8 heteroatoms. The Bertz CT molecular complexity index is 908. The van der Waals surface area contributed by atoms with Gasteiger partial charge in [0.25, 0.3) is 5.91 Å². The Labute approximate surface area is 179 Å². The maximum absolute atomic E-state index is 13.0. The Kier molecular flexibility index (Phi) is 6.08. The van der Waals surface area contributed by atoms with Crippen LogP contribution in [0.25, 0.3) is 0 Å². The van der Waals surface area contributed by atoms with Crippen LogP contribution in [0.15, 0.2) is 24.3 Å². The quantitative estimate of drug-likeness (QED) is 0.626. The standard InChI is InChI=1S/C21H25ClN4O2S/c1-2-26-10-9-16-17(12-26)29-20(18(16)19(27)23-11-13-3-4-13)25-21(28)24-15-7-5-14(22)6-8-15/h5-8,13H,2-4,9-12H2,1H3,(H,23,27)(H2,24,25,28). The van der Waals surface area contributed by atoms with Gasteiger partial charge in [0.15, 0.2) is 0 Å². The van der Waals surface area contributed by atoms with Crippen molar-refractivity contribution in [1.82, 2.24) is 10.2 Å². The molecule has 3 N–H and O–H groups in total. The van der Waals surface area contributed by atoms with E-state index in [0.29, 0.717) is 33.7 Å². The fraction of sp³-hybridized carbons (Fsp3) is 0.429. The summed E-state index contributed by atoms with van der Waals surface area (Å²) in [5.41, 5.74) is 2.35. The Hall–Kier alpha value is -2.09. The molecule has 1 aromatic heterocycles. The van der Waals surface area contributed by atoms with Gasteiger partial charge in [0, 0.05) is 35.2 Å². The molecule has 0 spiro atoms. The zero-order valence-electron chi connectivity index (χ0n) is 16.4. The number of amides is 3. The smallest absolute Gasteiger partial charge is 0.324 e. The number of urea groups is 1. The number of thiophene rings is 1. The van der Waals surface area contributed by atoms with Crippen molar-refractivity contribution in [3.05, 3.63) is 45.3 Å². The van der Waals surface area contributed by atoms with Crippen LogP contribution >= 0.6 is 22.9 Å². The van der Waals surface area contributed by atoms with Gasteiger partial charge in [-0.05, 0) is 61.6 Å². The minimum atomic E-state index is -0.366. The van der Waals surface area contributed by atoms with E-state index in [1.807, 2.05) is 0 Å². The summed E-state index contributed by atoms with van der Waals surface area (Å²) in [5.74, 6) is 0.523. The molecule has 4 rings (SSSR count). The van der Waals surface area contributed by atoms with Crippen molar-refractivity contribution in [2.45, 2.75) is 32.7 Å². The monoisotopic (exact) mass is 432 g/mol. The third-order valence-electron chi connectivity index (χ3n) is 5.39. The largest absolute Gasteiger partial charge is 0.352 e. The van der Waals surface area contributed by atoms with Crippen LogP contribution in [-0.4, -0.2) is 36.5 Å². The number of benzene rings is 1. The van der Waals surface area contributed by atoms with Crippen LogP contribution in [0.3, 0.4) is 0 Å². The molecule has 1 aliphatic carbocycles. The Morgan fingerprint density at radius 3 is 2.66 bits per heavy atom. The van der Waals surface area contributed by atoms with Crippen LogP contribution in [0.5, 0.6) is 0 Å². The lowest BCUT2D eigenvalue weighted by Gasteiger charge is -2.25. The number of nitrogens with zero attached hydrogens (tertiary/aromatic N) is 1. The molecule has 3 amide bonds. The molecular weight excluding hydrogens is 408 g/mol. The van der Waals surface area contributed by atoms with Crippen molar-refractivity contribution in [2.24, 2.45) is 5.92 Å². The number of carbonyl (C=O) groups excluding carboxylic acids is 2. The van der Waals surface area contributed by atoms with Gasteiger partial charge in [-0.1, -0.05) is 18.5 Å². The maximum Gasteiger partial charge on any atom is 0.324 e. The number of hydrogen-bond donors (Lipinski definition) is 3. The summed E-state index contributed by atoms with van der Waals surface area (Å²) in [6.07, 6.45) is 3.19. The average Bonchev–Trinajstić information content (AvgIpc) is 3.47. The molecule has 29 heavy (non-hydrogen) atoms. The van der Waals surface area contributed by atoms with E-state index in [1.54, 1.807) is 24.3 Å². The second-order valence-electron chi connectivity index (χ2n) is 7.57. The topological polar surface area (TPSA) is 73.5 Å². The number of rotatable bonds is 6. The SMILES string of the molecule is CCN1CCc2c(sc(NC(=O)Nc3ccc(Cl)cc3)c2C(=O)NCC2CC2)C1. The summed E-state index contributed by atoms with van der Waals surface area (Å²) >= 11 is 7.40. The van der Waals surface area contributed by atoms with Crippen molar-refractivity contribution >= 4 is 45.6 Å². The molecular formula is C21H25ClN4O2S. The number of halogens is 1. The number of fused-ring (bicyclic) bond motifs is 1. The van der Waals surface area contributed by atoms with Crippen molar-refractivity contribution in [3.63, 3.8) is 0 Å². The van der Waals surface area contributed by atoms with Crippen molar-refractivity contribution in [2.75, 3.05) is 30.3 Å². The highest BCUT2D eigenvalue weighted by molar-refractivity contribution is 7.17. The minimum absolute atomic E-state index is 0.0823. The highest BCUT2D eigenvalue weighted by atomic mass is 35.5. The highest BCUT2D eigenvalue weighted by Crippen LogP contribution is 2.37. The molecule has 1 saturated carbocycles. The molecule has 2 aliphatic rings. The van der Waals surface area contributed by atoms with Gasteiger partial charge in [-0.2, -0.15) is 0 Å². The second kappa shape index (κ2) is 8.73. The number of hydrogen-bond acceptors (Lipinski definition) is 4. The number of likely N-dealkylation sites (N-methyl/N-ethyl adjacent to an activating group) is 1. The minimum Gasteiger partial charge on any atom is -0.352 e. The Morgan fingerprint density at radius 2 is 1.97 bits per heavy atom. The molecule has 2 heterocycles. The molecule has 0 unspecified atom stereocenters. The first-order chi connectivity index (χ1) is 14.0. The third-order valence-corrected chi connectivity index (χ3v) is 6.77. The number of carbonyl (C=O) groups is 2. The molecule has 0 radical (unpaired) electrons. The number of nitrogens with one attached hydrogen (secondary N) is 3. The highest BCUT2D eigenvalue weighted by Gasteiger charge is 2.29. The van der Waals surface area contributed by atoms with Crippen LogP contribution in [0.4, 0.5) is 15.5 Å². The maximum atomic E-state index is 13.0. The zero-order chi connectivity index (χ0) is 20.4. The molecule has 1 fully saturated rings. The van der Waals surface area contributed by atoms with Gasteiger partial charge in [-0.3, -0.25) is 15.0 Å². The first-order valence-corrected chi connectivity index (χ1v) is 11.2. The van der Waals surface area contributed by atoms with Gasteiger partial charge in [-0.25, -0.2) is 4.79 Å². The molecule has 1 aliphatic heterocycles. The van der Waals surface area contributed by atoms with Crippen LogP contribution in [0, 0.1) is 5.92 Å². The molecule has 6 nitrogen and oxygen atoms in total. The van der Waals surface area contributed by atoms with Crippen molar-refractivity contribution in [1.29, 1.82) is 0 Å². The molecule has 2 aromatic rings. The lowest BCUT2D eigenvalue weighted by molar-refractivity contribution is 0.0951. The van der Waals surface area contributed by atoms with Crippen LogP contribution < -0.4 is 16.0 Å². The molecule has 0 saturated heterocycles. The summed E-state index contributed by atoms with van der Waals surface area (Å²) in [5, 5.41) is 9.99. The lowest BCUT2D eigenvalue weighted by Crippen LogP contribution is -2.32. The normalized spacial score (nSPS) is 16.2. The van der Waals surface area contributed by atoms with E-state index < -0.39 is 0 Å². The van der Waals surface area contributed by atoms with Gasteiger partial charge in [0.2, 0.25) is 0 Å². The number of anilines is 2. The molecule has 1 aromatic carbocycles. The predicted octanol–water partition coefficient (Wildman–Crippen LogP) is 4.56. The van der Waals surface area contributed by atoms with E-state index >= 15 is 0 Å². The predicted molar refractivity (Wildman–Crippen MR) is 118 cm³/mol. The van der Waals surface area contributed by atoms with Gasteiger partial charge < -0.3 is 10.6 Å². The van der Waals surface area contributed by atoms with Gasteiger partial charge in [-0.15, -0.1) is 11.3 Å². The van der Waals surface area contributed by atoms with Crippen molar-refractivity contribution < 1.29 is 9.59 Å². The van der Waals surface area contributed by atoms with Crippen LogP contribution in [0.2, 0.25) is 5.02 Å². The summed E-state index contributed by atoms with van der Waals surface area (Å²) in [4.78, 5) is 29.0. The van der Waals surface area contributed by atoms with Gasteiger partial charge in [0.1, 0.15) is 5.00 Å². The van der Waals surface area contributed by atoms with Crippen molar-refractivity contribution in [3.8, 4) is 0 Å². The fourth-order valence-corrected chi connectivity index (χ4v) is 4.91. The van der Waals surface area contributed by atoms with Gasteiger partial charge in [0.05, 0.1) is 5.56 Å². The third kappa shape index (κ3) is 4.91. The lowest BCUT2D eigenvalue weighted by atomic mass is 10.0.